The highest BCUT2D eigenvalue weighted by molar-refractivity contribution is 6.63. The van der Waals surface area contributed by atoms with Crippen LogP contribution in [0.5, 0.6) is 0 Å². The molecule has 5 nitrogen and oxygen atoms in total. The minimum Gasteiger partial charge on any atom is -0.465 e. The van der Waals surface area contributed by atoms with Gasteiger partial charge in [0.2, 0.25) is 0 Å². The number of ether oxygens (including phenoxy) is 1. The number of carbonyl (C=O) groups is 2. The average molecular weight is 304 g/mol. The standard InChI is InChI=1S/C16H21BO5/c1-10-12(14(19)20-6)7-11(9-18)8-13(10)17-21-15(2,3)16(4,5)22-17/h7-9H,1-6H3. The number of hydrogen-bond donors (Lipinski definition) is 0. The molecule has 1 aliphatic rings. The summed E-state index contributed by atoms with van der Waals surface area (Å²) in [7, 11) is 0.678. The molecule has 1 fully saturated rings. The maximum absolute atomic E-state index is 11.9. The molecule has 6 heteroatoms. The first-order chi connectivity index (χ1) is 10.1. The Balaban J connectivity index is 2.52. The highest BCUT2D eigenvalue weighted by atomic mass is 16.7. The van der Waals surface area contributed by atoms with Crippen LogP contribution in [0, 0.1) is 6.92 Å². The summed E-state index contributed by atoms with van der Waals surface area (Å²) >= 11 is 0. The lowest BCUT2D eigenvalue weighted by atomic mass is 9.74. The van der Waals surface area contributed by atoms with Crippen molar-refractivity contribution < 1.29 is 23.6 Å². The Morgan fingerprint density at radius 1 is 1.18 bits per heavy atom. The molecule has 118 valence electrons. The molecule has 1 aromatic rings. The fourth-order valence-electron chi connectivity index (χ4n) is 2.36. The average Bonchev–Trinajstić information content (AvgIpc) is 2.66. The maximum Gasteiger partial charge on any atom is 0.495 e. The number of aldehydes is 1. The normalized spacial score (nSPS) is 19.1. The summed E-state index contributed by atoms with van der Waals surface area (Å²) in [5.41, 5.74) is 1.10. The van der Waals surface area contributed by atoms with Crippen LogP contribution in [0.25, 0.3) is 0 Å². The lowest BCUT2D eigenvalue weighted by molar-refractivity contribution is 0.00578. The van der Waals surface area contributed by atoms with Crippen LogP contribution >= 0.6 is 0 Å². The van der Waals surface area contributed by atoms with E-state index in [9.17, 15) is 9.59 Å². The Morgan fingerprint density at radius 3 is 2.18 bits per heavy atom. The molecule has 22 heavy (non-hydrogen) atoms. The van der Waals surface area contributed by atoms with E-state index < -0.39 is 24.3 Å². The summed E-state index contributed by atoms with van der Waals surface area (Å²) in [5, 5.41) is 0. The predicted molar refractivity (Wildman–Crippen MR) is 83.6 cm³/mol. The lowest BCUT2D eigenvalue weighted by Gasteiger charge is -2.32. The van der Waals surface area contributed by atoms with E-state index in [1.54, 1.807) is 13.0 Å². The summed E-state index contributed by atoms with van der Waals surface area (Å²) in [6, 6.07) is 3.21. The van der Waals surface area contributed by atoms with Gasteiger partial charge < -0.3 is 14.0 Å². The van der Waals surface area contributed by atoms with Crippen molar-refractivity contribution in [2.45, 2.75) is 45.8 Å². The number of carbonyl (C=O) groups excluding carboxylic acids is 2. The summed E-state index contributed by atoms with van der Waals surface area (Å²) in [4.78, 5) is 23.1. The fourth-order valence-corrected chi connectivity index (χ4v) is 2.36. The van der Waals surface area contributed by atoms with Crippen LogP contribution in [0.15, 0.2) is 12.1 Å². The monoisotopic (exact) mass is 304 g/mol. The molecule has 0 atom stereocenters. The van der Waals surface area contributed by atoms with Crippen molar-refractivity contribution in [3.05, 3.63) is 28.8 Å². The lowest BCUT2D eigenvalue weighted by Crippen LogP contribution is -2.41. The van der Waals surface area contributed by atoms with Crippen LogP contribution in [-0.2, 0) is 14.0 Å². The highest BCUT2D eigenvalue weighted by Crippen LogP contribution is 2.36. The van der Waals surface area contributed by atoms with Crippen molar-refractivity contribution in [2.24, 2.45) is 0 Å². The zero-order chi connectivity index (χ0) is 16.7. The minimum atomic E-state index is -0.631. The molecule has 1 aromatic carbocycles. The van der Waals surface area contributed by atoms with Gasteiger partial charge in [-0.15, -0.1) is 0 Å². The van der Waals surface area contributed by atoms with Gasteiger partial charge in [-0.05, 0) is 51.7 Å². The highest BCUT2D eigenvalue weighted by Gasteiger charge is 2.52. The second-order valence-electron chi connectivity index (χ2n) is 6.48. The first-order valence-electron chi connectivity index (χ1n) is 7.16. The molecule has 0 aromatic heterocycles. The Labute approximate surface area is 131 Å². The Hall–Kier alpha value is -1.66. The van der Waals surface area contributed by atoms with E-state index in [-0.39, 0.29) is 0 Å². The van der Waals surface area contributed by atoms with Gasteiger partial charge in [0.25, 0.3) is 0 Å². The molecule has 1 aliphatic heterocycles. The van der Waals surface area contributed by atoms with Crippen molar-refractivity contribution in [3.63, 3.8) is 0 Å². The van der Waals surface area contributed by atoms with E-state index in [4.69, 9.17) is 14.0 Å². The summed E-state index contributed by atoms with van der Waals surface area (Å²) in [6.07, 6.45) is 0.695. The van der Waals surface area contributed by atoms with Crippen molar-refractivity contribution in [1.29, 1.82) is 0 Å². The van der Waals surface area contributed by atoms with Gasteiger partial charge in [0.05, 0.1) is 23.9 Å². The van der Waals surface area contributed by atoms with E-state index in [1.807, 2.05) is 27.7 Å². The zero-order valence-corrected chi connectivity index (χ0v) is 13.9. The number of benzene rings is 1. The molecule has 0 N–H and O–H groups in total. The van der Waals surface area contributed by atoms with Crippen molar-refractivity contribution >= 4 is 24.8 Å². The van der Waals surface area contributed by atoms with Crippen LogP contribution in [0.4, 0.5) is 0 Å². The molecule has 0 spiro atoms. The third-order valence-corrected chi connectivity index (χ3v) is 4.52. The van der Waals surface area contributed by atoms with E-state index in [0.29, 0.717) is 28.4 Å². The second-order valence-corrected chi connectivity index (χ2v) is 6.48. The van der Waals surface area contributed by atoms with Gasteiger partial charge in [-0.25, -0.2) is 4.79 Å². The third kappa shape index (κ3) is 2.68. The zero-order valence-electron chi connectivity index (χ0n) is 13.9. The van der Waals surface area contributed by atoms with Crippen molar-refractivity contribution in [1.82, 2.24) is 0 Å². The Kier molecular flexibility index (Phi) is 4.19. The van der Waals surface area contributed by atoms with Gasteiger partial charge in [0.1, 0.15) is 6.29 Å². The van der Waals surface area contributed by atoms with E-state index in [2.05, 4.69) is 0 Å². The largest absolute Gasteiger partial charge is 0.495 e. The smallest absolute Gasteiger partial charge is 0.465 e. The van der Waals surface area contributed by atoms with Crippen LogP contribution in [-0.4, -0.2) is 37.7 Å². The van der Waals surface area contributed by atoms with E-state index in [1.165, 1.54) is 13.2 Å². The van der Waals surface area contributed by atoms with Gasteiger partial charge in [-0.2, -0.15) is 0 Å². The van der Waals surface area contributed by atoms with Crippen LogP contribution in [0.1, 0.15) is 54.0 Å². The number of esters is 1. The van der Waals surface area contributed by atoms with Gasteiger partial charge >= 0.3 is 13.1 Å². The molecule has 0 amide bonds. The van der Waals surface area contributed by atoms with Crippen LogP contribution in [0.3, 0.4) is 0 Å². The molecule has 0 radical (unpaired) electrons. The molecular weight excluding hydrogens is 283 g/mol. The first kappa shape index (κ1) is 16.7. The van der Waals surface area contributed by atoms with E-state index >= 15 is 0 Å². The molecule has 0 bridgehead atoms. The Morgan fingerprint density at radius 2 is 1.73 bits per heavy atom. The third-order valence-electron chi connectivity index (χ3n) is 4.52. The number of hydrogen-bond acceptors (Lipinski definition) is 5. The van der Waals surface area contributed by atoms with Gasteiger partial charge in [0.15, 0.2) is 0 Å². The fraction of sp³-hybridized carbons (Fsp3) is 0.500. The molecule has 2 rings (SSSR count). The first-order valence-corrected chi connectivity index (χ1v) is 7.16. The summed E-state index contributed by atoms with van der Waals surface area (Å²) in [6.45, 7) is 9.60. The minimum absolute atomic E-state index is 0.344. The summed E-state index contributed by atoms with van der Waals surface area (Å²) < 4.78 is 16.8. The molecule has 1 saturated heterocycles. The van der Waals surface area contributed by atoms with Crippen molar-refractivity contribution in [3.8, 4) is 0 Å². The molecule has 0 saturated carbocycles. The quantitative estimate of drug-likeness (QED) is 0.485. The van der Waals surface area contributed by atoms with E-state index in [0.717, 1.165) is 0 Å². The number of rotatable bonds is 3. The topological polar surface area (TPSA) is 61.8 Å². The van der Waals surface area contributed by atoms with Crippen LogP contribution in [0.2, 0.25) is 0 Å². The predicted octanol–water partition coefficient (Wildman–Crippen LogP) is 1.89. The SMILES string of the molecule is COC(=O)c1cc(C=O)cc(B2OC(C)(C)C(C)(C)O2)c1C. The van der Waals surface area contributed by atoms with Gasteiger partial charge in [0, 0.05) is 5.56 Å². The van der Waals surface area contributed by atoms with Crippen LogP contribution < -0.4 is 5.46 Å². The molecular formula is C16H21BO5. The van der Waals surface area contributed by atoms with Gasteiger partial charge in [-0.1, -0.05) is 6.07 Å². The summed E-state index contributed by atoms with van der Waals surface area (Å²) in [5.74, 6) is -0.487. The Bertz CT molecular complexity index is 605. The molecule has 0 unspecified atom stereocenters. The maximum atomic E-state index is 11.9. The van der Waals surface area contributed by atoms with Crippen molar-refractivity contribution in [2.75, 3.05) is 7.11 Å². The molecule has 1 heterocycles. The second kappa shape index (κ2) is 5.52. The molecule has 0 aliphatic carbocycles. The number of methoxy groups -OCH3 is 1. The van der Waals surface area contributed by atoms with Gasteiger partial charge in [-0.3, -0.25) is 4.79 Å².